The van der Waals surface area contributed by atoms with Crippen LogP contribution in [0.5, 0.6) is 0 Å². The van der Waals surface area contributed by atoms with Gasteiger partial charge < -0.3 is 14.4 Å². The van der Waals surface area contributed by atoms with Crippen LogP contribution in [0, 0.1) is 11.6 Å². The summed E-state index contributed by atoms with van der Waals surface area (Å²) >= 11 is 0. The zero-order valence-electron chi connectivity index (χ0n) is 13.3. The highest BCUT2D eigenvalue weighted by Gasteiger charge is 2.21. The fourth-order valence-electron chi connectivity index (χ4n) is 2.43. The van der Waals surface area contributed by atoms with Gasteiger partial charge in [0.25, 0.3) is 0 Å². The van der Waals surface area contributed by atoms with E-state index in [-0.39, 0.29) is 41.8 Å². The normalized spacial score (nSPS) is 11.4. The predicted molar refractivity (Wildman–Crippen MR) is 85.9 cm³/mol. The van der Waals surface area contributed by atoms with E-state index in [9.17, 15) is 18.4 Å². The number of fused-ring (bicyclic) bond motifs is 1. The second-order valence-electron chi connectivity index (χ2n) is 4.95. The van der Waals surface area contributed by atoms with Crippen LogP contribution in [0.1, 0.15) is 29.8 Å². The summed E-state index contributed by atoms with van der Waals surface area (Å²) in [7, 11) is 0. The number of hydrogen-bond donors (Lipinski definition) is 1. The summed E-state index contributed by atoms with van der Waals surface area (Å²) in [4.78, 5) is 24.3. The molecule has 2 rings (SSSR count). The molecule has 24 heavy (non-hydrogen) atoms. The van der Waals surface area contributed by atoms with Crippen molar-refractivity contribution in [3.8, 4) is 0 Å². The summed E-state index contributed by atoms with van der Waals surface area (Å²) in [5, 5.41) is 8.54. The Labute approximate surface area is 136 Å². The Morgan fingerprint density at radius 3 is 2.67 bits per heavy atom. The second-order valence-corrected chi connectivity index (χ2v) is 4.95. The molecule has 0 saturated heterocycles. The number of aromatic nitrogens is 1. The Bertz CT molecular complexity index is 871. The molecule has 0 aliphatic rings. The first kappa shape index (κ1) is 17.8. The molecule has 5 nitrogen and oxygen atoms in total. The number of carbonyl (C=O) groups is 1. The number of esters is 1. The van der Waals surface area contributed by atoms with Gasteiger partial charge in [-0.2, -0.15) is 0 Å². The first-order chi connectivity index (χ1) is 11.5. The number of ether oxygens (including phenoxy) is 1. The van der Waals surface area contributed by atoms with Crippen LogP contribution in [-0.4, -0.2) is 28.9 Å². The third-order valence-electron chi connectivity index (χ3n) is 3.52. The van der Waals surface area contributed by atoms with Crippen molar-refractivity contribution in [3.63, 3.8) is 0 Å². The minimum atomic E-state index is -0.953. The highest BCUT2D eigenvalue weighted by molar-refractivity contribution is 5.94. The minimum Gasteiger partial charge on any atom is -0.462 e. The molecule has 2 aromatic rings. The summed E-state index contributed by atoms with van der Waals surface area (Å²) < 4.78 is 35.0. The molecule has 1 aromatic carbocycles. The number of benzene rings is 1. The molecule has 0 spiro atoms. The lowest BCUT2D eigenvalue weighted by Crippen LogP contribution is -2.21. The third-order valence-corrected chi connectivity index (χ3v) is 3.52. The average molecular weight is 337 g/mol. The summed E-state index contributed by atoms with van der Waals surface area (Å²) in [5.74, 6) is -2.72. The van der Waals surface area contributed by atoms with Gasteiger partial charge >= 0.3 is 5.97 Å². The number of aryl methyl sites for hydroxylation is 1. The molecule has 7 heteroatoms. The zero-order valence-corrected chi connectivity index (χ0v) is 13.3. The van der Waals surface area contributed by atoms with E-state index in [1.54, 1.807) is 13.8 Å². The highest BCUT2D eigenvalue weighted by Crippen LogP contribution is 2.24. The molecule has 0 aliphatic carbocycles. The molecular weight excluding hydrogens is 320 g/mol. The average Bonchev–Trinajstić information content (AvgIpc) is 2.55. The van der Waals surface area contributed by atoms with Crippen molar-refractivity contribution in [1.82, 2.24) is 4.57 Å². The smallest absolute Gasteiger partial charge is 0.343 e. The van der Waals surface area contributed by atoms with Gasteiger partial charge in [0.1, 0.15) is 11.4 Å². The monoisotopic (exact) mass is 337 g/mol. The fourth-order valence-corrected chi connectivity index (χ4v) is 2.43. The number of aliphatic hydroxyl groups is 1. The SMILES string of the molecule is CCOC(=O)c1cn(CC)c2c(F)c(C=CCO)c(F)cc2c1=O. The van der Waals surface area contributed by atoms with Gasteiger partial charge in [-0.25, -0.2) is 13.6 Å². The molecule has 0 radical (unpaired) electrons. The van der Waals surface area contributed by atoms with Crippen LogP contribution < -0.4 is 5.43 Å². The lowest BCUT2D eigenvalue weighted by atomic mass is 10.1. The Morgan fingerprint density at radius 1 is 1.38 bits per heavy atom. The van der Waals surface area contributed by atoms with Gasteiger partial charge in [-0.1, -0.05) is 12.2 Å². The molecule has 1 heterocycles. The maximum absolute atomic E-state index is 14.7. The topological polar surface area (TPSA) is 68.5 Å². The number of nitrogens with zero attached hydrogens (tertiary/aromatic N) is 1. The second kappa shape index (κ2) is 7.35. The van der Waals surface area contributed by atoms with Crippen LogP contribution in [0.15, 0.2) is 23.1 Å². The predicted octanol–water partition coefficient (Wildman–Crippen LogP) is 2.48. The quantitative estimate of drug-likeness (QED) is 0.851. The number of aliphatic hydroxyl groups excluding tert-OH is 1. The van der Waals surface area contributed by atoms with Crippen LogP contribution >= 0.6 is 0 Å². The van der Waals surface area contributed by atoms with Gasteiger partial charge in [0.15, 0.2) is 5.82 Å². The molecule has 0 aliphatic heterocycles. The number of hydrogen-bond acceptors (Lipinski definition) is 4. The van der Waals surface area contributed by atoms with Crippen molar-refractivity contribution < 1.29 is 23.4 Å². The summed E-state index contributed by atoms with van der Waals surface area (Å²) in [6, 6.07) is 0.896. The Kier molecular flexibility index (Phi) is 5.46. The molecule has 1 aromatic heterocycles. The van der Waals surface area contributed by atoms with Gasteiger partial charge in [-0.3, -0.25) is 4.79 Å². The fraction of sp³-hybridized carbons (Fsp3) is 0.294. The summed E-state index contributed by atoms with van der Waals surface area (Å²) in [6.07, 6.45) is 3.51. The first-order valence-electron chi connectivity index (χ1n) is 7.45. The van der Waals surface area contributed by atoms with E-state index in [4.69, 9.17) is 9.84 Å². The molecular formula is C17H17F2NO4. The van der Waals surface area contributed by atoms with Crippen molar-refractivity contribution >= 4 is 22.9 Å². The maximum Gasteiger partial charge on any atom is 0.343 e. The van der Waals surface area contributed by atoms with Crippen molar-refractivity contribution in [3.05, 3.63) is 51.3 Å². The van der Waals surface area contributed by atoms with Crippen molar-refractivity contribution in [2.24, 2.45) is 0 Å². The third kappa shape index (κ3) is 3.07. The van der Waals surface area contributed by atoms with Crippen molar-refractivity contribution in [1.29, 1.82) is 0 Å². The van der Waals surface area contributed by atoms with Gasteiger partial charge in [-0.15, -0.1) is 0 Å². The number of rotatable bonds is 5. The summed E-state index contributed by atoms with van der Waals surface area (Å²) in [5.41, 5.74) is -1.52. The standard InChI is InChI=1S/C17H17F2NO4/c1-3-20-9-12(17(23)24-4-2)16(22)11-8-13(18)10(6-5-7-21)14(19)15(11)20/h5-6,8-9,21H,3-4,7H2,1-2H3. The van der Waals surface area contributed by atoms with Gasteiger partial charge in [-0.05, 0) is 19.9 Å². The van der Waals surface area contributed by atoms with Crippen LogP contribution in [0.2, 0.25) is 0 Å². The Hall–Kier alpha value is -2.54. The van der Waals surface area contributed by atoms with Gasteiger partial charge in [0.05, 0.1) is 24.1 Å². The largest absolute Gasteiger partial charge is 0.462 e. The van der Waals surface area contributed by atoms with Crippen molar-refractivity contribution in [2.45, 2.75) is 20.4 Å². The number of carbonyl (C=O) groups excluding carboxylic acids is 1. The number of halogens is 2. The van der Waals surface area contributed by atoms with E-state index >= 15 is 0 Å². The Balaban J connectivity index is 2.86. The molecule has 0 unspecified atom stereocenters. The van der Waals surface area contributed by atoms with E-state index in [2.05, 4.69) is 0 Å². The zero-order chi connectivity index (χ0) is 17.9. The van der Waals surface area contributed by atoms with Crippen LogP contribution in [0.4, 0.5) is 8.78 Å². The molecule has 128 valence electrons. The molecule has 1 N–H and O–H groups in total. The number of pyridine rings is 1. The van der Waals surface area contributed by atoms with Gasteiger partial charge in [0, 0.05) is 18.3 Å². The van der Waals surface area contributed by atoms with Crippen LogP contribution in [-0.2, 0) is 11.3 Å². The molecule has 0 saturated carbocycles. The first-order valence-corrected chi connectivity index (χ1v) is 7.45. The summed E-state index contributed by atoms with van der Waals surface area (Å²) in [6.45, 7) is 3.26. The minimum absolute atomic E-state index is 0.0794. The van der Waals surface area contributed by atoms with E-state index in [0.29, 0.717) is 0 Å². The molecule has 0 fully saturated rings. The highest BCUT2D eigenvalue weighted by atomic mass is 19.1. The van der Waals surface area contributed by atoms with Crippen molar-refractivity contribution in [2.75, 3.05) is 13.2 Å². The Morgan fingerprint density at radius 2 is 2.08 bits per heavy atom. The molecule has 0 amide bonds. The molecule has 0 bridgehead atoms. The lowest BCUT2D eigenvalue weighted by Gasteiger charge is -2.13. The van der Waals surface area contributed by atoms with E-state index < -0.39 is 23.0 Å². The van der Waals surface area contributed by atoms with E-state index in [1.807, 2.05) is 0 Å². The lowest BCUT2D eigenvalue weighted by molar-refractivity contribution is 0.0524. The van der Waals surface area contributed by atoms with Crippen LogP contribution in [0.25, 0.3) is 17.0 Å². The molecule has 0 atom stereocenters. The van der Waals surface area contributed by atoms with E-state index in [1.165, 1.54) is 16.8 Å². The van der Waals surface area contributed by atoms with Gasteiger partial charge in [0.2, 0.25) is 5.43 Å². The van der Waals surface area contributed by atoms with Crippen LogP contribution in [0.3, 0.4) is 0 Å². The van der Waals surface area contributed by atoms with E-state index in [0.717, 1.165) is 12.1 Å². The maximum atomic E-state index is 14.7.